The lowest BCUT2D eigenvalue weighted by Crippen LogP contribution is -2.35. The van der Waals surface area contributed by atoms with Gasteiger partial charge in [-0.05, 0) is 42.5 Å². The first-order chi connectivity index (χ1) is 15.5. The standard InChI is InChI=1S/C24H18N4O4/c29-21-17-8-1-2-9-18(17)22(30)27(21)13-25-15-6-5-7-16(12-15)26-14-28-23(31)19-10-3-4-11-20(19)24(28)32/h1-12,25-26H,13-14H2. The number of benzene rings is 3. The molecule has 0 saturated carbocycles. The summed E-state index contributed by atoms with van der Waals surface area (Å²) in [6.45, 7) is 0.0441. The summed E-state index contributed by atoms with van der Waals surface area (Å²) in [6, 6.07) is 20.6. The summed E-state index contributed by atoms with van der Waals surface area (Å²) in [5, 5.41) is 6.16. The van der Waals surface area contributed by atoms with Crippen molar-refractivity contribution in [1.29, 1.82) is 0 Å². The van der Waals surface area contributed by atoms with Crippen LogP contribution in [0.5, 0.6) is 0 Å². The second-order valence-corrected chi connectivity index (χ2v) is 7.42. The van der Waals surface area contributed by atoms with Crippen molar-refractivity contribution in [2.45, 2.75) is 0 Å². The van der Waals surface area contributed by atoms with E-state index in [1.54, 1.807) is 72.8 Å². The van der Waals surface area contributed by atoms with E-state index in [2.05, 4.69) is 10.6 Å². The zero-order chi connectivity index (χ0) is 22.2. The van der Waals surface area contributed by atoms with Gasteiger partial charge in [0, 0.05) is 11.4 Å². The van der Waals surface area contributed by atoms with Crippen LogP contribution in [0.2, 0.25) is 0 Å². The maximum absolute atomic E-state index is 12.5. The normalized spacial score (nSPS) is 14.6. The second kappa shape index (κ2) is 7.66. The molecule has 5 rings (SSSR count). The molecule has 0 aromatic heterocycles. The zero-order valence-electron chi connectivity index (χ0n) is 16.9. The summed E-state index contributed by atoms with van der Waals surface area (Å²) in [7, 11) is 0. The van der Waals surface area contributed by atoms with Gasteiger partial charge in [-0.2, -0.15) is 0 Å². The number of fused-ring (bicyclic) bond motifs is 2. The number of nitrogens with zero attached hydrogens (tertiary/aromatic N) is 2. The monoisotopic (exact) mass is 426 g/mol. The van der Waals surface area contributed by atoms with Gasteiger partial charge < -0.3 is 10.6 Å². The molecule has 4 amide bonds. The Bertz CT molecular complexity index is 1120. The van der Waals surface area contributed by atoms with Gasteiger partial charge in [0.1, 0.15) is 0 Å². The summed E-state index contributed by atoms with van der Waals surface area (Å²) >= 11 is 0. The van der Waals surface area contributed by atoms with Gasteiger partial charge in [-0.1, -0.05) is 30.3 Å². The zero-order valence-corrected chi connectivity index (χ0v) is 16.9. The lowest BCUT2D eigenvalue weighted by atomic mass is 10.1. The molecule has 158 valence electrons. The molecular formula is C24H18N4O4. The molecule has 0 fully saturated rings. The van der Waals surface area contributed by atoms with Crippen LogP contribution in [0.25, 0.3) is 0 Å². The molecule has 3 aromatic rings. The quantitative estimate of drug-likeness (QED) is 0.588. The van der Waals surface area contributed by atoms with E-state index in [4.69, 9.17) is 0 Å². The highest BCUT2D eigenvalue weighted by Gasteiger charge is 2.35. The van der Waals surface area contributed by atoms with Crippen LogP contribution >= 0.6 is 0 Å². The lowest BCUT2D eigenvalue weighted by molar-refractivity contribution is 0.0650. The summed E-state index contributed by atoms with van der Waals surface area (Å²) in [6.07, 6.45) is 0. The third kappa shape index (κ3) is 3.18. The SMILES string of the molecule is O=C1c2ccccc2C(=O)N1CNc1cccc(NCN2C(=O)c3ccccc3C2=O)c1. The third-order valence-electron chi connectivity index (χ3n) is 5.50. The molecule has 0 saturated heterocycles. The Morgan fingerprint density at radius 1 is 0.500 bits per heavy atom. The molecule has 0 unspecified atom stereocenters. The van der Waals surface area contributed by atoms with Crippen molar-refractivity contribution in [3.05, 3.63) is 95.1 Å². The summed E-state index contributed by atoms with van der Waals surface area (Å²) in [4.78, 5) is 52.2. The predicted molar refractivity (Wildman–Crippen MR) is 117 cm³/mol. The number of hydrogen-bond acceptors (Lipinski definition) is 6. The van der Waals surface area contributed by atoms with Gasteiger partial charge >= 0.3 is 0 Å². The Morgan fingerprint density at radius 2 is 0.844 bits per heavy atom. The topological polar surface area (TPSA) is 98.8 Å². The van der Waals surface area contributed by atoms with Gasteiger partial charge in [0.15, 0.2) is 0 Å². The first-order valence-corrected chi connectivity index (χ1v) is 10.0. The molecule has 8 nitrogen and oxygen atoms in total. The van der Waals surface area contributed by atoms with Crippen LogP contribution < -0.4 is 10.6 Å². The minimum absolute atomic E-state index is 0.0220. The molecule has 0 radical (unpaired) electrons. The largest absolute Gasteiger partial charge is 0.367 e. The van der Waals surface area contributed by atoms with Crippen LogP contribution in [0.4, 0.5) is 11.4 Å². The Balaban J connectivity index is 1.23. The second-order valence-electron chi connectivity index (χ2n) is 7.42. The molecule has 2 aliphatic heterocycles. The molecule has 8 heteroatoms. The van der Waals surface area contributed by atoms with Gasteiger partial charge in [0.05, 0.1) is 35.6 Å². The summed E-state index contributed by atoms with van der Waals surface area (Å²) in [5.74, 6) is -1.34. The van der Waals surface area contributed by atoms with E-state index in [9.17, 15) is 19.2 Å². The molecule has 32 heavy (non-hydrogen) atoms. The van der Waals surface area contributed by atoms with Crippen molar-refractivity contribution in [1.82, 2.24) is 9.80 Å². The molecule has 2 heterocycles. The minimum Gasteiger partial charge on any atom is -0.367 e. The van der Waals surface area contributed by atoms with Crippen LogP contribution in [0.1, 0.15) is 41.4 Å². The maximum atomic E-state index is 12.5. The Morgan fingerprint density at radius 3 is 1.19 bits per heavy atom. The Kier molecular flexibility index (Phi) is 4.67. The predicted octanol–water partition coefficient (Wildman–Crippen LogP) is 3.02. The molecule has 0 atom stereocenters. The third-order valence-corrected chi connectivity index (χ3v) is 5.50. The van der Waals surface area contributed by atoms with E-state index in [0.717, 1.165) is 9.80 Å². The fraction of sp³-hybridized carbons (Fsp3) is 0.0833. The fourth-order valence-corrected chi connectivity index (χ4v) is 3.85. The van der Waals surface area contributed by atoms with Crippen LogP contribution in [-0.2, 0) is 0 Å². The highest BCUT2D eigenvalue weighted by atomic mass is 16.2. The number of nitrogens with one attached hydrogen (secondary N) is 2. The first kappa shape index (κ1) is 19.5. The molecule has 2 N–H and O–H groups in total. The molecule has 0 aliphatic carbocycles. The van der Waals surface area contributed by atoms with Gasteiger partial charge in [0.25, 0.3) is 23.6 Å². The Labute approximate surface area is 183 Å². The van der Waals surface area contributed by atoms with Gasteiger partial charge in [-0.25, -0.2) is 0 Å². The average molecular weight is 426 g/mol. The molecular weight excluding hydrogens is 408 g/mol. The molecule has 0 bridgehead atoms. The molecule has 3 aromatic carbocycles. The number of anilines is 2. The maximum Gasteiger partial charge on any atom is 0.263 e. The first-order valence-electron chi connectivity index (χ1n) is 10.0. The van der Waals surface area contributed by atoms with E-state index < -0.39 is 0 Å². The van der Waals surface area contributed by atoms with E-state index in [1.807, 2.05) is 0 Å². The average Bonchev–Trinajstić information content (AvgIpc) is 3.21. The number of carbonyl (C=O) groups is 4. The van der Waals surface area contributed by atoms with Crippen LogP contribution in [0, 0.1) is 0 Å². The smallest absolute Gasteiger partial charge is 0.263 e. The van der Waals surface area contributed by atoms with E-state index in [1.165, 1.54) is 0 Å². The Hall–Kier alpha value is -4.46. The van der Waals surface area contributed by atoms with Gasteiger partial charge in [0.2, 0.25) is 0 Å². The highest BCUT2D eigenvalue weighted by Crippen LogP contribution is 2.24. The summed E-state index contributed by atoms with van der Waals surface area (Å²) in [5.41, 5.74) is 2.94. The highest BCUT2D eigenvalue weighted by molar-refractivity contribution is 6.22. The van der Waals surface area contributed by atoms with Crippen LogP contribution in [0.15, 0.2) is 72.8 Å². The van der Waals surface area contributed by atoms with Crippen molar-refractivity contribution in [3.63, 3.8) is 0 Å². The van der Waals surface area contributed by atoms with Crippen molar-refractivity contribution in [2.75, 3.05) is 24.0 Å². The van der Waals surface area contributed by atoms with E-state index >= 15 is 0 Å². The molecule has 0 spiro atoms. The molecule has 2 aliphatic rings. The van der Waals surface area contributed by atoms with E-state index in [0.29, 0.717) is 33.6 Å². The number of hydrogen-bond donors (Lipinski definition) is 2. The minimum atomic E-state index is -0.335. The summed E-state index contributed by atoms with van der Waals surface area (Å²) < 4.78 is 0. The fourth-order valence-electron chi connectivity index (χ4n) is 3.85. The van der Waals surface area contributed by atoms with Crippen LogP contribution in [-0.4, -0.2) is 46.8 Å². The van der Waals surface area contributed by atoms with Crippen molar-refractivity contribution in [3.8, 4) is 0 Å². The van der Waals surface area contributed by atoms with Crippen LogP contribution in [0.3, 0.4) is 0 Å². The number of amides is 4. The van der Waals surface area contributed by atoms with Gasteiger partial charge in [-0.3, -0.25) is 29.0 Å². The van der Waals surface area contributed by atoms with Gasteiger partial charge in [-0.15, -0.1) is 0 Å². The van der Waals surface area contributed by atoms with E-state index in [-0.39, 0.29) is 37.0 Å². The lowest BCUT2D eigenvalue weighted by Gasteiger charge is -2.18. The number of imide groups is 2. The number of carbonyl (C=O) groups excluding carboxylic acids is 4. The number of rotatable bonds is 6. The van der Waals surface area contributed by atoms with Crippen molar-refractivity contribution < 1.29 is 19.2 Å². The van der Waals surface area contributed by atoms with Crippen molar-refractivity contribution in [2.24, 2.45) is 0 Å². The van der Waals surface area contributed by atoms with Crippen molar-refractivity contribution >= 4 is 35.0 Å².